The number of hydrogen-bond acceptors (Lipinski definition) is 2. The highest BCUT2D eigenvalue weighted by molar-refractivity contribution is 6.02. The first-order chi connectivity index (χ1) is 27.0. The standard InChI is InChI=1S/C53H37NO/c1-53(2)49-22-11-10-19-43(49)44-27-25-41(33-50(44)53)54(39-17-4-3-5-18-39)40-26-28-51-48(32-40)47-31-37-16-9-8-15-36(37)30-46(47)45-21-12-20-42(52(45)55-51)38-24-23-34-13-6-7-14-35(34)29-38/h3-33H,1-2H3. The van der Waals surface area contributed by atoms with E-state index in [1.54, 1.807) is 0 Å². The van der Waals surface area contributed by atoms with Gasteiger partial charge >= 0.3 is 0 Å². The lowest BCUT2D eigenvalue weighted by molar-refractivity contribution is 0.489. The fraction of sp³-hybridized carbons (Fsp3) is 0.0566. The third kappa shape index (κ3) is 4.95. The van der Waals surface area contributed by atoms with E-state index in [0.29, 0.717) is 0 Å². The lowest BCUT2D eigenvalue weighted by Gasteiger charge is -2.28. The molecule has 0 bridgehead atoms. The first-order valence-electron chi connectivity index (χ1n) is 19.1. The number of ether oxygens (including phenoxy) is 1. The number of anilines is 3. The molecule has 11 rings (SSSR count). The van der Waals surface area contributed by atoms with E-state index in [1.165, 1.54) is 43.8 Å². The molecule has 9 aromatic carbocycles. The summed E-state index contributed by atoms with van der Waals surface area (Å²) in [7, 11) is 0. The van der Waals surface area contributed by atoms with Crippen LogP contribution in [0, 0.1) is 0 Å². The second-order valence-corrected chi connectivity index (χ2v) is 15.3. The molecule has 0 N–H and O–H groups in total. The molecule has 1 heterocycles. The smallest absolute Gasteiger partial charge is 0.143 e. The fourth-order valence-corrected chi connectivity index (χ4v) is 9.05. The quantitative estimate of drug-likeness (QED) is 0.181. The highest BCUT2D eigenvalue weighted by Crippen LogP contribution is 2.54. The van der Waals surface area contributed by atoms with Crippen LogP contribution >= 0.6 is 0 Å². The van der Waals surface area contributed by atoms with Gasteiger partial charge in [-0.2, -0.15) is 0 Å². The van der Waals surface area contributed by atoms with Crippen molar-refractivity contribution in [2.45, 2.75) is 19.3 Å². The number of benzene rings is 9. The van der Waals surface area contributed by atoms with E-state index in [-0.39, 0.29) is 5.41 Å². The maximum atomic E-state index is 7.16. The van der Waals surface area contributed by atoms with Gasteiger partial charge in [0.15, 0.2) is 0 Å². The van der Waals surface area contributed by atoms with E-state index in [4.69, 9.17) is 4.74 Å². The van der Waals surface area contributed by atoms with Crippen LogP contribution in [0.25, 0.3) is 66.1 Å². The molecule has 2 nitrogen and oxygen atoms in total. The highest BCUT2D eigenvalue weighted by atomic mass is 16.5. The summed E-state index contributed by atoms with van der Waals surface area (Å²) in [5.74, 6) is 1.71. The predicted octanol–water partition coefficient (Wildman–Crippen LogP) is 14.9. The molecular weight excluding hydrogens is 667 g/mol. The van der Waals surface area contributed by atoms with Crippen molar-refractivity contribution in [3.63, 3.8) is 0 Å². The topological polar surface area (TPSA) is 12.5 Å². The Kier molecular flexibility index (Phi) is 6.93. The summed E-state index contributed by atoms with van der Waals surface area (Å²) < 4.78 is 7.16. The minimum absolute atomic E-state index is 0.111. The van der Waals surface area contributed by atoms with E-state index in [9.17, 15) is 0 Å². The van der Waals surface area contributed by atoms with Crippen LogP contribution in [0.2, 0.25) is 0 Å². The Hall–Kier alpha value is -6.90. The van der Waals surface area contributed by atoms with E-state index < -0.39 is 0 Å². The number of fused-ring (bicyclic) bond motifs is 10. The zero-order chi connectivity index (χ0) is 36.7. The van der Waals surface area contributed by atoms with Gasteiger partial charge in [-0.3, -0.25) is 0 Å². The van der Waals surface area contributed by atoms with Crippen molar-refractivity contribution in [3.05, 3.63) is 199 Å². The molecular formula is C53H37NO. The Bertz CT molecular complexity index is 2990. The summed E-state index contributed by atoms with van der Waals surface area (Å²) in [5, 5.41) is 4.84. The summed E-state index contributed by atoms with van der Waals surface area (Å²) in [6.07, 6.45) is 0. The van der Waals surface area contributed by atoms with Crippen molar-refractivity contribution >= 4 is 38.6 Å². The van der Waals surface area contributed by atoms with Crippen molar-refractivity contribution in [2.75, 3.05) is 4.90 Å². The van der Waals surface area contributed by atoms with Crippen molar-refractivity contribution in [3.8, 4) is 56.0 Å². The number of hydrogen-bond donors (Lipinski definition) is 0. The molecule has 0 radical (unpaired) electrons. The van der Waals surface area contributed by atoms with Gasteiger partial charge < -0.3 is 9.64 Å². The van der Waals surface area contributed by atoms with Crippen LogP contribution in [-0.4, -0.2) is 0 Å². The molecule has 55 heavy (non-hydrogen) atoms. The second-order valence-electron chi connectivity index (χ2n) is 15.3. The number of rotatable bonds is 4. The van der Waals surface area contributed by atoms with E-state index >= 15 is 0 Å². The van der Waals surface area contributed by atoms with Gasteiger partial charge in [0.1, 0.15) is 11.5 Å². The minimum Gasteiger partial charge on any atom is -0.455 e. The van der Waals surface area contributed by atoms with E-state index in [1.807, 2.05) is 0 Å². The van der Waals surface area contributed by atoms with Crippen LogP contribution in [0.1, 0.15) is 25.0 Å². The van der Waals surface area contributed by atoms with Gasteiger partial charge in [-0.05, 0) is 121 Å². The first-order valence-corrected chi connectivity index (χ1v) is 19.1. The Morgan fingerprint density at radius 1 is 0.364 bits per heavy atom. The van der Waals surface area contributed by atoms with Crippen molar-refractivity contribution < 1.29 is 4.74 Å². The van der Waals surface area contributed by atoms with Crippen LogP contribution in [0.15, 0.2) is 188 Å². The van der Waals surface area contributed by atoms with E-state index in [2.05, 4.69) is 207 Å². The average Bonchev–Trinajstić information content (AvgIpc) is 3.37. The molecule has 0 atom stereocenters. The minimum atomic E-state index is -0.111. The third-order valence-corrected chi connectivity index (χ3v) is 11.8. The monoisotopic (exact) mass is 703 g/mol. The summed E-state index contributed by atoms with van der Waals surface area (Å²) in [6.45, 7) is 4.69. The number of nitrogens with zero attached hydrogens (tertiary/aromatic N) is 1. The van der Waals surface area contributed by atoms with Crippen LogP contribution < -0.4 is 9.64 Å². The summed E-state index contributed by atoms with van der Waals surface area (Å²) >= 11 is 0. The summed E-state index contributed by atoms with van der Waals surface area (Å²) in [5.41, 5.74) is 15.2. The van der Waals surface area contributed by atoms with Crippen LogP contribution in [0.5, 0.6) is 11.5 Å². The maximum Gasteiger partial charge on any atom is 0.143 e. The molecule has 0 spiro atoms. The molecule has 0 unspecified atom stereocenters. The lowest BCUT2D eigenvalue weighted by atomic mass is 9.82. The Morgan fingerprint density at radius 2 is 0.964 bits per heavy atom. The maximum absolute atomic E-state index is 7.16. The Morgan fingerprint density at radius 3 is 1.76 bits per heavy atom. The van der Waals surface area contributed by atoms with Gasteiger partial charge in [-0.15, -0.1) is 0 Å². The van der Waals surface area contributed by atoms with Gasteiger partial charge in [0.05, 0.1) is 0 Å². The Labute approximate surface area is 321 Å². The molecule has 2 aliphatic rings. The third-order valence-electron chi connectivity index (χ3n) is 11.8. The molecule has 0 aromatic heterocycles. The van der Waals surface area contributed by atoms with Crippen molar-refractivity contribution in [1.29, 1.82) is 0 Å². The van der Waals surface area contributed by atoms with Gasteiger partial charge in [0.2, 0.25) is 0 Å². The molecule has 2 heteroatoms. The molecule has 0 fully saturated rings. The van der Waals surface area contributed by atoms with Gasteiger partial charge in [0, 0.05) is 39.2 Å². The zero-order valence-electron chi connectivity index (χ0n) is 30.8. The van der Waals surface area contributed by atoms with Crippen molar-refractivity contribution in [1.82, 2.24) is 0 Å². The van der Waals surface area contributed by atoms with Crippen LogP contribution in [-0.2, 0) is 5.41 Å². The zero-order valence-corrected chi connectivity index (χ0v) is 30.8. The van der Waals surface area contributed by atoms with Gasteiger partial charge in [-0.25, -0.2) is 0 Å². The van der Waals surface area contributed by atoms with Crippen molar-refractivity contribution in [2.24, 2.45) is 0 Å². The molecule has 1 aliphatic carbocycles. The normalized spacial score (nSPS) is 13.2. The molecule has 260 valence electrons. The molecule has 1 aliphatic heterocycles. The summed E-state index contributed by atoms with van der Waals surface area (Å²) in [6, 6.07) is 68.4. The second kappa shape index (κ2) is 12.1. The van der Waals surface area contributed by atoms with Crippen LogP contribution in [0.4, 0.5) is 17.1 Å². The van der Waals surface area contributed by atoms with E-state index in [0.717, 1.165) is 61.9 Å². The first kappa shape index (κ1) is 31.6. The SMILES string of the molecule is CC1(C)c2ccccc2-c2ccc(N(c3ccccc3)c3ccc4c(c3)-c3cc5ccccc5cc3-c3cccc(-c5ccc6ccccc6c5)c3O4)cc21. The largest absolute Gasteiger partial charge is 0.455 e. The average molecular weight is 704 g/mol. The molecule has 0 amide bonds. The summed E-state index contributed by atoms with van der Waals surface area (Å²) in [4.78, 5) is 2.39. The fourth-order valence-electron chi connectivity index (χ4n) is 9.05. The lowest BCUT2D eigenvalue weighted by Crippen LogP contribution is -2.16. The van der Waals surface area contributed by atoms with Gasteiger partial charge in [0.25, 0.3) is 0 Å². The molecule has 0 saturated carbocycles. The molecule has 0 saturated heterocycles. The van der Waals surface area contributed by atoms with Crippen LogP contribution in [0.3, 0.4) is 0 Å². The highest BCUT2D eigenvalue weighted by Gasteiger charge is 2.36. The molecule has 9 aromatic rings. The Balaban J connectivity index is 1.12. The number of para-hydroxylation sites is 2. The van der Waals surface area contributed by atoms with Gasteiger partial charge in [-0.1, -0.05) is 141 Å². The predicted molar refractivity (Wildman–Crippen MR) is 230 cm³/mol.